The number of aromatic nitrogens is 2. The Morgan fingerprint density at radius 1 is 0.802 bits per heavy atom. The van der Waals surface area contributed by atoms with Crippen LogP contribution in [0.2, 0.25) is 0 Å². The van der Waals surface area contributed by atoms with E-state index in [4.69, 9.17) is 28.4 Å². The summed E-state index contributed by atoms with van der Waals surface area (Å²) in [6.07, 6.45) is 2.51. The number of aryl methyl sites for hydroxylation is 1. The average molecular weight is 1130 g/mol. The molecule has 8 amide bonds. The number of rotatable bonds is 29. The van der Waals surface area contributed by atoms with E-state index < -0.39 is 84.3 Å². The van der Waals surface area contributed by atoms with E-state index >= 15 is 0 Å². The van der Waals surface area contributed by atoms with Crippen LogP contribution in [-0.2, 0) is 92.0 Å². The quantitative estimate of drug-likeness (QED) is 0.0117. The number of cyclic esters (lactones) is 1. The van der Waals surface area contributed by atoms with Gasteiger partial charge in [-0.2, -0.15) is 4.99 Å². The Morgan fingerprint density at radius 3 is 2.19 bits per heavy atom. The van der Waals surface area contributed by atoms with E-state index in [1.807, 2.05) is 0 Å². The van der Waals surface area contributed by atoms with Gasteiger partial charge < -0.3 is 64.7 Å². The molecule has 0 bridgehead atoms. The number of nitrogens with one attached hydrogen (secondary N) is 5. The number of esters is 1. The van der Waals surface area contributed by atoms with Crippen molar-refractivity contribution in [2.24, 2.45) is 4.99 Å². The maximum absolute atomic E-state index is 14.9. The van der Waals surface area contributed by atoms with Gasteiger partial charge in [-0.15, -0.1) is 0 Å². The number of halogens is 1. The summed E-state index contributed by atoms with van der Waals surface area (Å²) in [4.78, 5) is 135. The number of amides is 8. The first kappa shape index (κ1) is 60.0. The number of ether oxygens (including phenoxy) is 6. The Morgan fingerprint density at radius 2 is 1.46 bits per heavy atom. The number of benzene rings is 2. The normalized spacial score (nSPS) is 15.5. The molecule has 5 heterocycles. The lowest BCUT2D eigenvalue weighted by Gasteiger charge is -2.31. The standard InChI is InChI=1S/C54H60FN9O17/c1-3-54(75)38-23-42-49-36(29-64(42)51(72)37(38)30-81-52(54)73)35(34-21-32(2)39(55)24-40(34)62-49)25-59-53(74)80-20-19-79-31-60-45(67)27-58-50(71)41(22-33-7-5-4-6-8-33)61-46(68)28-57-44(66)26-56-43(65)11-13-76-15-17-78-18-16-77-14-12-63-47(69)9-10-48(63)70/h4-10,21,23-25,41,75H,3,11-20,22,26-31H2,1-2H3,(H,56,65)(H,57,66)(H,58,71)(H,60,67)(H,61,68)/b59-25+/t41-,54-/m0/s1. The summed E-state index contributed by atoms with van der Waals surface area (Å²) in [7, 11) is 0. The predicted molar refractivity (Wildman–Crippen MR) is 281 cm³/mol. The molecule has 7 rings (SSSR count). The van der Waals surface area contributed by atoms with Crippen molar-refractivity contribution >= 4 is 70.5 Å². The summed E-state index contributed by atoms with van der Waals surface area (Å²) < 4.78 is 48.1. The van der Waals surface area contributed by atoms with Crippen LogP contribution in [0, 0.1) is 12.7 Å². The second-order valence-electron chi connectivity index (χ2n) is 18.4. The van der Waals surface area contributed by atoms with Crippen molar-refractivity contribution in [3.05, 3.63) is 110 Å². The first-order valence-electron chi connectivity index (χ1n) is 25.7. The molecule has 2 aromatic carbocycles. The van der Waals surface area contributed by atoms with Crippen LogP contribution in [-0.4, -0.2) is 171 Å². The lowest BCUT2D eigenvalue weighted by atomic mass is 9.86. The average Bonchev–Trinajstić information content (AvgIpc) is 3.66. The number of hydrogen-bond acceptors (Lipinski definition) is 18. The zero-order valence-corrected chi connectivity index (χ0v) is 44.3. The maximum atomic E-state index is 14.9. The molecular weight excluding hydrogens is 1070 g/mol. The van der Waals surface area contributed by atoms with Crippen LogP contribution in [0.3, 0.4) is 0 Å². The van der Waals surface area contributed by atoms with Crippen molar-refractivity contribution in [1.82, 2.24) is 41.0 Å². The fourth-order valence-electron chi connectivity index (χ4n) is 8.61. The fourth-order valence-corrected chi connectivity index (χ4v) is 8.61. The van der Waals surface area contributed by atoms with Gasteiger partial charge in [0.15, 0.2) is 5.60 Å². The minimum absolute atomic E-state index is 0.0250. The number of hydrogen-bond donors (Lipinski definition) is 6. The number of pyridine rings is 2. The number of aliphatic imine (C=N–C) groups is 1. The molecule has 27 heteroatoms. The van der Waals surface area contributed by atoms with E-state index in [1.165, 1.54) is 41.1 Å². The summed E-state index contributed by atoms with van der Waals surface area (Å²) in [6, 6.07) is 11.8. The fraction of sp³-hybridized carbons (Fsp3) is 0.407. The highest BCUT2D eigenvalue weighted by atomic mass is 19.1. The lowest BCUT2D eigenvalue weighted by Crippen LogP contribution is -2.52. The Labute approximate surface area is 461 Å². The van der Waals surface area contributed by atoms with Gasteiger partial charge in [-0.05, 0) is 36.6 Å². The van der Waals surface area contributed by atoms with Crippen molar-refractivity contribution in [2.75, 3.05) is 85.8 Å². The summed E-state index contributed by atoms with van der Waals surface area (Å²) in [5.41, 5.74) is 0.134. The van der Waals surface area contributed by atoms with E-state index in [9.17, 15) is 57.4 Å². The number of aliphatic hydroxyl groups is 1. The first-order valence-corrected chi connectivity index (χ1v) is 25.7. The molecule has 0 radical (unpaired) electrons. The summed E-state index contributed by atoms with van der Waals surface area (Å²) in [5, 5.41) is 23.9. The van der Waals surface area contributed by atoms with Crippen LogP contribution in [0.5, 0.6) is 0 Å². The number of carbonyl (C=O) groups is 9. The van der Waals surface area contributed by atoms with E-state index in [0.29, 0.717) is 22.1 Å². The van der Waals surface area contributed by atoms with E-state index in [1.54, 1.807) is 44.2 Å². The van der Waals surface area contributed by atoms with Crippen molar-refractivity contribution in [1.29, 1.82) is 0 Å². The molecular formula is C54H60FN9O17. The molecule has 2 aromatic heterocycles. The Balaban J connectivity index is 0.786. The number of nitrogens with zero attached hydrogens (tertiary/aromatic N) is 4. The van der Waals surface area contributed by atoms with Gasteiger partial charge in [-0.25, -0.2) is 19.0 Å². The monoisotopic (exact) mass is 1130 g/mol. The van der Waals surface area contributed by atoms with Crippen LogP contribution < -0.4 is 32.1 Å². The second kappa shape index (κ2) is 28.5. The van der Waals surface area contributed by atoms with Crippen LogP contribution in [0.4, 0.5) is 9.18 Å². The molecule has 4 aromatic rings. The highest BCUT2D eigenvalue weighted by Crippen LogP contribution is 2.40. The molecule has 3 aliphatic rings. The van der Waals surface area contributed by atoms with Gasteiger partial charge in [0.1, 0.15) is 31.8 Å². The number of carbonyl (C=O) groups excluding carboxylic acids is 9. The van der Waals surface area contributed by atoms with Crippen LogP contribution >= 0.6 is 0 Å². The Bertz CT molecular complexity index is 3170. The minimum Gasteiger partial charge on any atom is -0.458 e. The summed E-state index contributed by atoms with van der Waals surface area (Å²) in [5.74, 6) is -5.45. The Hall–Kier alpha value is -8.63. The molecule has 0 saturated heterocycles. The third-order valence-corrected chi connectivity index (χ3v) is 13.0. The third-order valence-electron chi connectivity index (χ3n) is 13.0. The molecule has 430 valence electrons. The topological polar surface area (TPSA) is 340 Å². The predicted octanol–water partition coefficient (Wildman–Crippen LogP) is -0.386. The SMILES string of the molecule is CC[C@@]1(O)C(=O)OCc2c1cc1n(c2=O)Cc2c-1nc1cc(F)c(C)cc1c2/C=N/C(=O)OCCOCNC(=O)CNC(=O)[C@H](Cc1ccccc1)NC(=O)CNC(=O)CNC(=O)CCOCCOCCOCCN1C(=O)C=CC1=O. The molecule has 0 spiro atoms. The van der Waals surface area contributed by atoms with E-state index in [2.05, 4.69) is 36.6 Å². The number of imide groups is 1. The van der Waals surface area contributed by atoms with Gasteiger partial charge in [-0.3, -0.25) is 43.3 Å². The van der Waals surface area contributed by atoms with Gasteiger partial charge >= 0.3 is 12.1 Å². The van der Waals surface area contributed by atoms with E-state index in [-0.39, 0.29) is 144 Å². The molecule has 6 N–H and O–H groups in total. The van der Waals surface area contributed by atoms with Gasteiger partial charge in [0.25, 0.3) is 17.4 Å². The molecule has 2 atom stereocenters. The van der Waals surface area contributed by atoms with Crippen LogP contribution in [0.15, 0.2) is 70.5 Å². The smallest absolute Gasteiger partial charge is 0.433 e. The van der Waals surface area contributed by atoms with Crippen molar-refractivity contribution in [3.63, 3.8) is 0 Å². The number of fused-ring (bicyclic) bond motifs is 5. The van der Waals surface area contributed by atoms with Gasteiger partial charge in [0.2, 0.25) is 29.5 Å². The van der Waals surface area contributed by atoms with Gasteiger partial charge in [0.05, 0.1) is 101 Å². The first-order chi connectivity index (χ1) is 39.0. The molecule has 0 aliphatic carbocycles. The summed E-state index contributed by atoms with van der Waals surface area (Å²) >= 11 is 0. The van der Waals surface area contributed by atoms with Crippen LogP contribution in [0.25, 0.3) is 22.3 Å². The van der Waals surface area contributed by atoms with Gasteiger partial charge in [0, 0.05) is 59.4 Å². The summed E-state index contributed by atoms with van der Waals surface area (Å²) in [6.45, 7) is 1.73. The van der Waals surface area contributed by atoms with Crippen molar-refractivity contribution in [2.45, 2.75) is 57.9 Å². The molecule has 26 nitrogen and oxygen atoms in total. The maximum Gasteiger partial charge on any atom is 0.433 e. The molecule has 0 unspecified atom stereocenters. The largest absolute Gasteiger partial charge is 0.458 e. The van der Waals surface area contributed by atoms with Crippen molar-refractivity contribution < 1.29 is 81.1 Å². The highest BCUT2D eigenvalue weighted by molar-refractivity contribution is 6.13. The highest BCUT2D eigenvalue weighted by Gasteiger charge is 2.45. The molecule has 81 heavy (non-hydrogen) atoms. The zero-order valence-electron chi connectivity index (χ0n) is 44.3. The van der Waals surface area contributed by atoms with E-state index in [0.717, 1.165) is 4.90 Å². The Kier molecular flexibility index (Phi) is 21.1. The van der Waals surface area contributed by atoms with Crippen LogP contribution in [0.1, 0.15) is 53.1 Å². The zero-order chi connectivity index (χ0) is 58.1. The molecule has 3 aliphatic heterocycles. The lowest BCUT2D eigenvalue weighted by molar-refractivity contribution is -0.172. The minimum atomic E-state index is -2.07. The molecule has 0 fully saturated rings. The molecule has 0 saturated carbocycles. The van der Waals surface area contributed by atoms with Crippen molar-refractivity contribution in [3.8, 4) is 11.4 Å². The third kappa shape index (κ3) is 15.8. The second-order valence-corrected chi connectivity index (χ2v) is 18.4. The van der Waals surface area contributed by atoms with Gasteiger partial charge in [-0.1, -0.05) is 37.3 Å².